The number of nitrogens with zero attached hydrogens (tertiary/aromatic N) is 3. The van der Waals surface area contributed by atoms with Crippen LogP contribution < -0.4 is 15.5 Å². The third kappa shape index (κ3) is 4.59. The van der Waals surface area contributed by atoms with E-state index in [1.54, 1.807) is 6.07 Å². The Kier molecular flexibility index (Phi) is 6.17. The lowest BCUT2D eigenvalue weighted by atomic mass is 9.98. The molecule has 0 spiro atoms. The summed E-state index contributed by atoms with van der Waals surface area (Å²) in [4.78, 5) is 34.6. The predicted octanol–water partition coefficient (Wildman–Crippen LogP) is 3.80. The van der Waals surface area contributed by atoms with Crippen LogP contribution in [-0.2, 0) is 9.53 Å². The van der Waals surface area contributed by atoms with Crippen molar-refractivity contribution in [3.05, 3.63) is 47.7 Å². The van der Waals surface area contributed by atoms with Crippen LogP contribution in [0.15, 0.2) is 35.0 Å². The van der Waals surface area contributed by atoms with Crippen LogP contribution in [-0.4, -0.2) is 42.2 Å². The minimum absolute atomic E-state index is 0.0210. The Labute approximate surface area is 190 Å². The van der Waals surface area contributed by atoms with E-state index in [1.807, 2.05) is 25.7 Å². The van der Waals surface area contributed by atoms with Crippen LogP contribution in [0.1, 0.15) is 31.2 Å². The van der Waals surface area contributed by atoms with Gasteiger partial charge in [0, 0.05) is 24.0 Å². The van der Waals surface area contributed by atoms with Gasteiger partial charge in [0.25, 0.3) is 0 Å². The van der Waals surface area contributed by atoms with E-state index >= 15 is 0 Å². The van der Waals surface area contributed by atoms with Crippen LogP contribution >= 0.6 is 0 Å². The van der Waals surface area contributed by atoms with E-state index in [0.717, 1.165) is 5.56 Å². The molecule has 1 atom stereocenters. The molecule has 1 fully saturated rings. The van der Waals surface area contributed by atoms with Gasteiger partial charge in [0.05, 0.1) is 37.2 Å². The molecule has 1 saturated heterocycles. The number of ether oxygens (including phenoxy) is 1. The molecule has 174 valence electrons. The number of hydrogen-bond donors (Lipinski definition) is 2. The molecule has 0 aliphatic carbocycles. The SMILES string of the molecule is COC(=O)C1CN(c2ncc(NC(=O)N[C@H](c3oc4ccc(F)cc4c3C)C(C)C)cn2)C1. The number of anilines is 2. The van der Waals surface area contributed by atoms with Crippen LogP contribution in [0, 0.1) is 24.6 Å². The number of fused-ring (bicyclic) bond motifs is 1. The number of benzene rings is 1. The van der Waals surface area contributed by atoms with Crippen molar-refractivity contribution < 1.29 is 23.1 Å². The fraction of sp³-hybridized carbons (Fsp3) is 0.391. The first kappa shape index (κ1) is 22.5. The molecule has 3 heterocycles. The molecule has 0 saturated carbocycles. The summed E-state index contributed by atoms with van der Waals surface area (Å²) in [7, 11) is 1.37. The van der Waals surface area contributed by atoms with Crippen molar-refractivity contribution >= 4 is 34.6 Å². The molecule has 9 nitrogen and oxygen atoms in total. The molecule has 1 aliphatic rings. The number of rotatable bonds is 6. The zero-order valence-corrected chi connectivity index (χ0v) is 18.9. The first-order valence-corrected chi connectivity index (χ1v) is 10.7. The first-order chi connectivity index (χ1) is 15.8. The molecule has 1 aliphatic heterocycles. The molecular formula is C23H26FN5O4. The molecule has 10 heteroatoms. The largest absolute Gasteiger partial charge is 0.469 e. The number of carbonyl (C=O) groups is 2. The molecule has 4 rings (SSSR count). The molecule has 2 amide bonds. The number of aryl methyl sites for hydroxylation is 1. The molecular weight excluding hydrogens is 429 g/mol. The highest BCUT2D eigenvalue weighted by Gasteiger charge is 2.35. The van der Waals surface area contributed by atoms with Gasteiger partial charge in [0.15, 0.2) is 0 Å². The average Bonchev–Trinajstić information content (AvgIpc) is 3.07. The van der Waals surface area contributed by atoms with Gasteiger partial charge < -0.3 is 24.7 Å². The van der Waals surface area contributed by atoms with E-state index in [1.165, 1.54) is 31.6 Å². The Bertz CT molecular complexity index is 1170. The molecule has 0 bridgehead atoms. The van der Waals surface area contributed by atoms with Crippen molar-refractivity contribution in [1.82, 2.24) is 15.3 Å². The predicted molar refractivity (Wildman–Crippen MR) is 120 cm³/mol. The quantitative estimate of drug-likeness (QED) is 0.544. The van der Waals surface area contributed by atoms with Gasteiger partial charge in [-0.1, -0.05) is 13.8 Å². The number of esters is 1. The number of nitrogens with one attached hydrogen (secondary N) is 2. The fourth-order valence-corrected chi connectivity index (χ4v) is 3.86. The topological polar surface area (TPSA) is 110 Å². The summed E-state index contributed by atoms with van der Waals surface area (Å²) in [5.41, 5.74) is 1.78. The molecule has 3 aromatic rings. The minimum atomic E-state index is -0.439. The van der Waals surface area contributed by atoms with Gasteiger partial charge in [-0.15, -0.1) is 0 Å². The Balaban J connectivity index is 1.41. The smallest absolute Gasteiger partial charge is 0.319 e. The average molecular weight is 455 g/mol. The summed E-state index contributed by atoms with van der Waals surface area (Å²) in [5, 5.41) is 6.34. The summed E-state index contributed by atoms with van der Waals surface area (Å²) < 4.78 is 24.3. The summed E-state index contributed by atoms with van der Waals surface area (Å²) in [6.07, 6.45) is 3.01. The normalized spacial score (nSPS) is 14.8. The minimum Gasteiger partial charge on any atom is -0.469 e. The third-order valence-corrected chi connectivity index (χ3v) is 5.77. The Morgan fingerprint density at radius 1 is 1.24 bits per heavy atom. The lowest BCUT2D eigenvalue weighted by molar-refractivity contribution is -0.146. The van der Waals surface area contributed by atoms with E-state index in [4.69, 9.17) is 9.15 Å². The van der Waals surface area contributed by atoms with E-state index in [9.17, 15) is 14.0 Å². The standard InChI is InChI=1S/C23H26FN5O4/c1-12(2)19(20-13(3)17-7-15(24)5-6-18(17)33-20)28-23(31)27-16-8-25-22(26-9-16)29-10-14(11-29)21(30)32-4/h5-9,12,14,19H,10-11H2,1-4H3,(H2,27,28,31)/t19-/m0/s1. The number of hydrogen-bond acceptors (Lipinski definition) is 7. The summed E-state index contributed by atoms with van der Waals surface area (Å²) in [6.45, 7) is 6.77. The van der Waals surface area contributed by atoms with Crippen molar-refractivity contribution in [3.63, 3.8) is 0 Å². The number of carbonyl (C=O) groups excluding carboxylic acids is 2. The number of urea groups is 1. The first-order valence-electron chi connectivity index (χ1n) is 10.7. The second kappa shape index (κ2) is 9.05. The number of methoxy groups -OCH3 is 1. The molecule has 1 aromatic carbocycles. The zero-order chi connectivity index (χ0) is 23.7. The van der Waals surface area contributed by atoms with E-state index in [2.05, 4.69) is 20.6 Å². The van der Waals surface area contributed by atoms with Crippen LogP contribution in [0.4, 0.5) is 20.8 Å². The van der Waals surface area contributed by atoms with Crippen molar-refractivity contribution in [3.8, 4) is 0 Å². The highest BCUT2D eigenvalue weighted by molar-refractivity contribution is 5.89. The highest BCUT2D eigenvalue weighted by Crippen LogP contribution is 2.33. The number of aromatic nitrogens is 2. The lowest BCUT2D eigenvalue weighted by Crippen LogP contribution is -2.51. The van der Waals surface area contributed by atoms with Crippen LogP contribution in [0.2, 0.25) is 0 Å². The molecule has 0 radical (unpaired) electrons. The summed E-state index contributed by atoms with van der Waals surface area (Å²) >= 11 is 0. The maximum Gasteiger partial charge on any atom is 0.319 e. The van der Waals surface area contributed by atoms with Crippen LogP contribution in [0.5, 0.6) is 0 Å². The van der Waals surface area contributed by atoms with Crippen LogP contribution in [0.25, 0.3) is 11.0 Å². The fourth-order valence-electron chi connectivity index (χ4n) is 3.86. The van der Waals surface area contributed by atoms with Gasteiger partial charge in [0.1, 0.15) is 17.2 Å². The molecule has 2 aromatic heterocycles. The molecule has 0 unspecified atom stereocenters. The third-order valence-electron chi connectivity index (χ3n) is 5.77. The van der Waals surface area contributed by atoms with Gasteiger partial charge in [-0.25, -0.2) is 19.2 Å². The second-order valence-corrected chi connectivity index (χ2v) is 8.45. The van der Waals surface area contributed by atoms with E-state index < -0.39 is 12.1 Å². The van der Waals surface area contributed by atoms with Gasteiger partial charge in [-0.2, -0.15) is 0 Å². The lowest BCUT2D eigenvalue weighted by Gasteiger charge is -2.37. The summed E-state index contributed by atoms with van der Waals surface area (Å²) in [5.74, 6) is 0.329. The van der Waals surface area contributed by atoms with Crippen molar-refractivity contribution in [2.45, 2.75) is 26.8 Å². The maximum absolute atomic E-state index is 13.7. The Morgan fingerprint density at radius 2 is 1.94 bits per heavy atom. The van der Waals surface area contributed by atoms with Crippen molar-refractivity contribution in [2.75, 3.05) is 30.4 Å². The molecule has 2 N–H and O–H groups in total. The molecule has 33 heavy (non-hydrogen) atoms. The van der Waals surface area contributed by atoms with Gasteiger partial charge in [-0.3, -0.25) is 4.79 Å². The monoisotopic (exact) mass is 455 g/mol. The number of furan rings is 1. The number of amides is 2. The summed E-state index contributed by atoms with van der Waals surface area (Å²) in [6, 6.07) is 3.50. The zero-order valence-electron chi connectivity index (χ0n) is 18.9. The Morgan fingerprint density at radius 3 is 2.58 bits per heavy atom. The van der Waals surface area contributed by atoms with Crippen molar-refractivity contribution in [2.24, 2.45) is 11.8 Å². The Hall–Kier alpha value is -3.69. The second-order valence-electron chi connectivity index (χ2n) is 8.45. The van der Waals surface area contributed by atoms with Gasteiger partial charge in [-0.05, 0) is 31.0 Å². The van der Waals surface area contributed by atoms with Crippen LogP contribution in [0.3, 0.4) is 0 Å². The van der Waals surface area contributed by atoms with Crippen molar-refractivity contribution in [1.29, 1.82) is 0 Å². The maximum atomic E-state index is 13.7. The number of halogens is 1. The van der Waals surface area contributed by atoms with E-state index in [-0.39, 0.29) is 23.6 Å². The van der Waals surface area contributed by atoms with Gasteiger partial charge in [0.2, 0.25) is 5.95 Å². The highest BCUT2D eigenvalue weighted by atomic mass is 19.1. The van der Waals surface area contributed by atoms with Gasteiger partial charge >= 0.3 is 12.0 Å². The van der Waals surface area contributed by atoms with E-state index in [0.29, 0.717) is 41.5 Å².